The maximum atomic E-state index is 11.2. The Morgan fingerprint density at radius 1 is 1.26 bits per heavy atom. The van der Waals surface area contributed by atoms with Crippen molar-refractivity contribution in [3.63, 3.8) is 0 Å². The van der Waals surface area contributed by atoms with E-state index in [4.69, 9.17) is 4.52 Å². The molecule has 1 atom stereocenters. The van der Waals surface area contributed by atoms with Crippen molar-refractivity contribution in [2.24, 2.45) is 0 Å². The maximum Gasteiger partial charge on any atom is 0.243 e. The summed E-state index contributed by atoms with van der Waals surface area (Å²) in [7, 11) is -2.85. The molecule has 0 bridgehead atoms. The average molecular weight is 342 g/mol. The average Bonchev–Trinajstić information content (AvgIpc) is 3.23. The molecule has 1 aromatic heterocycles. The Hall–Kier alpha value is -0.990. The lowest BCUT2D eigenvalue weighted by molar-refractivity contribution is 0.0885. The van der Waals surface area contributed by atoms with Gasteiger partial charge in [0, 0.05) is 38.4 Å². The molecule has 23 heavy (non-hydrogen) atoms. The van der Waals surface area contributed by atoms with Crippen molar-refractivity contribution >= 4 is 9.84 Å². The van der Waals surface area contributed by atoms with Crippen LogP contribution in [-0.2, 0) is 9.84 Å². The molecule has 130 valence electrons. The second-order valence-corrected chi connectivity index (χ2v) is 9.06. The molecule has 3 rings (SSSR count). The Balaban J connectivity index is 1.44. The summed E-state index contributed by atoms with van der Waals surface area (Å²) in [6.07, 6.45) is 4.37. The zero-order valence-electron chi connectivity index (χ0n) is 13.9. The highest BCUT2D eigenvalue weighted by molar-refractivity contribution is 7.90. The summed E-state index contributed by atoms with van der Waals surface area (Å²) >= 11 is 0. The number of hydrogen-bond donors (Lipinski definition) is 0. The molecule has 1 unspecified atom stereocenters. The van der Waals surface area contributed by atoms with E-state index in [1.165, 1.54) is 19.1 Å². The summed E-state index contributed by atoms with van der Waals surface area (Å²) in [6, 6.07) is 0.146. The van der Waals surface area contributed by atoms with Gasteiger partial charge in [0.15, 0.2) is 5.82 Å². The quantitative estimate of drug-likeness (QED) is 0.733. The van der Waals surface area contributed by atoms with Crippen LogP contribution in [0.2, 0.25) is 0 Å². The van der Waals surface area contributed by atoms with E-state index in [2.05, 4.69) is 26.9 Å². The van der Waals surface area contributed by atoms with Crippen LogP contribution in [0.4, 0.5) is 0 Å². The van der Waals surface area contributed by atoms with Crippen LogP contribution in [0.25, 0.3) is 0 Å². The van der Waals surface area contributed by atoms with E-state index < -0.39 is 9.84 Å². The molecule has 7 nitrogen and oxygen atoms in total. The predicted octanol–water partition coefficient (Wildman–Crippen LogP) is 1.06. The third-order valence-electron chi connectivity index (χ3n) is 4.70. The van der Waals surface area contributed by atoms with Crippen LogP contribution in [0.1, 0.15) is 49.9 Å². The number of rotatable bonds is 7. The first kappa shape index (κ1) is 16.9. The standard InChI is InChI=1S/C15H26N4O3S/c1-12(15-16-14(17-22-15)13-4-5-13)19-9-7-18(8-10-19)6-3-11-23(2,20)21/h12-13H,3-11H2,1-2H3. The van der Waals surface area contributed by atoms with Gasteiger partial charge < -0.3 is 9.42 Å². The van der Waals surface area contributed by atoms with Gasteiger partial charge in [0.2, 0.25) is 5.89 Å². The molecule has 1 aliphatic carbocycles. The summed E-state index contributed by atoms with van der Waals surface area (Å²) in [5.41, 5.74) is 0. The molecule has 1 saturated carbocycles. The molecular weight excluding hydrogens is 316 g/mol. The summed E-state index contributed by atoms with van der Waals surface area (Å²) in [5, 5.41) is 4.09. The number of piperazine rings is 1. The summed E-state index contributed by atoms with van der Waals surface area (Å²) in [5.74, 6) is 2.38. The van der Waals surface area contributed by atoms with Gasteiger partial charge in [-0.25, -0.2) is 8.42 Å². The molecule has 2 heterocycles. The van der Waals surface area contributed by atoms with Crippen molar-refractivity contribution < 1.29 is 12.9 Å². The lowest BCUT2D eigenvalue weighted by atomic mass is 10.2. The minimum absolute atomic E-state index is 0.146. The van der Waals surface area contributed by atoms with Crippen LogP contribution in [0.3, 0.4) is 0 Å². The van der Waals surface area contributed by atoms with E-state index in [0.29, 0.717) is 12.3 Å². The fourth-order valence-electron chi connectivity index (χ4n) is 3.01. The number of hydrogen-bond acceptors (Lipinski definition) is 7. The SMILES string of the molecule is CC(c1nc(C2CC2)no1)N1CCN(CCCS(C)(=O)=O)CC1. The van der Waals surface area contributed by atoms with E-state index in [0.717, 1.165) is 44.4 Å². The molecule has 0 amide bonds. The minimum atomic E-state index is -2.85. The monoisotopic (exact) mass is 342 g/mol. The van der Waals surface area contributed by atoms with Crippen LogP contribution >= 0.6 is 0 Å². The largest absolute Gasteiger partial charge is 0.338 e. The Kier molecular flexibility index (Phi) is 5.03. The van der Waals surface area contributed by atoms with Gasteiger partial charge in [0.1, 0.15) is 9.84 Å². The molecule has 0 radical (unpaired) electrons. The highest BCUT2D eigenvalue weighted by Crippen LogP contribution is 2.38. The van der Waals surface area contributed by atoms with Gasteiger partial charge in [-0.15, -0.1) is 0 Å². The Bertz CT molecular complexity index is 618. The lowest BCUT2D eigenvalue weighted by Gasteiger charge is -2.36. The molecule has 2 aliphatic rings. The smallest absolute Gasteiger partial charge is 0.243 e. The normalized spacial score (nSPS) is 22.3. The van der Waals surface area contributed by atoms with Crippen molar-refractivity contribution in [1.82, 2.24) is 19.9 Å². The third-order valence-corrected chi connectivity index (χ3v) is 5.73. The molecule has 0 spiro atoms. The van der Waals surface area contributed by atoms with Gasteiger partial charge in [-0.2, -0.15) is 4.98 Å². The van der Waals surface area contributed by atoms with Crippen molar-refractivity contribution in [1.29, 1.82) is 0 Å². The molecule has 1 aliphatic heterocycles. The molecule has 2 fully saturated rings. The van der Waals surface area contributed by atoms with Crippen molar-refractivity contribution in [2.75, 3.05) is 44.7 Å². The molecular formula is C15H26N4O3S. The lowest BCUT2D eigenvalue weighted by Crippen LogP contribution is -2.47. The Labute approximate surface area is 137 Å². The molecule has 8 heteroatoms. The Morgan fingerprint density at radius 3 is 2.57 bits per heavy atom. The van der Waals surface area contributed by atoms with E-state index in [9.17, 15) is 8.42 Å². The van der Waals surface area contributed by atoms with Crippen LogP contribution in [0.5, 0.6) is 0 Å². The van der Waals surface area contributed by atoms with Crippen molar-refractivity contribution in [3.05, 3.63) is 11.7 Å². The van der Waals surface area contributed by atoms with Crippen molar-refractivity contribution in [3.8, 4) is 0 Å². The molecule has 0 N–H and O–H groups in total. The van der Waals surface area contributed by atoms with Gasteiger partial charge in [-0.05, 0) is 32.7 Å². The number of aromatic nitrogens is 2. The Morgan fingerprint density at radius 2 is 1.96 bits per heavy atom. The van der Waals surface area contributed by atoms with Gasteiger partial charge in [-0.3, -0.25) is 4.90 Å². The van der Waals surface area contributed by atoms with E-state index in [1.54, 1.807) is 0 Å². The summed E-state index contributed by atoms with van der Waals surface area (Å²) in [4.78, 5) is 9.23. The predicted molar refractivity (Wildman–Crippen MR) is 87.0 cm³/mol. The molecule has 1 aromatic rings. The summed E-state index contributed by atoms with van der Waals surface area (Å²) < 4.78 is 27.8. The second kappa shape index (κ2) is 6.86. The second-order valence-electron chi connectivity index (χ2n) is 6.80. The fraction of sp³-hybridized carbons (Fsp3) is 0.867. The van der Waals surface area contributed by atoms with Gasteiger partial charge in [0.05, 0.1) is 11.8 Å². The highest BCUT2D eigenvalue weighted by Gasteiger charge is 2.31. The number of sulfone groups is 1. The third kappa shape index (κ3) is 4.74. The highest BCUT2D eigenvalue weighted by atomic mass is 32.2. The van der Waals surface area contributed by atoms with E-state index in [1.807, 2.05) is 0 Å². The maximum absolute atomic E-state index is 11.2. The minimum Gasteiger partial charge on any atom is -0.338 e. The van der Waals surface area contributed by atoms with Crippen LogP contribution < -0.4 is 0 Å². The first-order valence-corrected chi connectivity index (χ1v) is 10.5. The van der Waals surface area contributed by atoms with Crippen LogP contribution in [0, 0.1) is 0 Å². The van der Waals surface area contributed by atoms with Crippen molar-refractivity contribution in [2.45, 2.75) is 38.1 Å². The van der Waals surface area contributed by atoms with Gasteiger partial charge in [0.25, 0.3) is 0 Å². The van der Waals surface area contributed by atoms with Gasteiger partial charge in [-0.1, -0.05) is 5.16 Å². The van der Waals surface area contributed by atoms with Crippen LogP contribution in [0.15, 0.2) is 4.52 Å². The van der Waals surface area contributed by atoms with E-state index in [-0.39, 0.29) is 11.8 Å². The zero-order valence-corrected chi connectivity index (χ0v) is 14.8. The van der Waals surface area contributed by atoms with Gasteiger partial charge >= 0.3 is 0 Å². The first-order valence-electron chi connectivity index (χ1n) is 8.40. The molecule has 1 saturated heterocycles. The zero-order chi connectivity index (χ0) is 16.4. The van der Waals surface area contributed by atoms with Crippen LogP contribution in [-0.4, -0.2) is 73.1 Å². The van der Waals surface area contributed by atoms with E-state index >= 15 is 0 Å². The molecule has 0 aromatic carbocycles. The first-order chi connectivity index (χ1) is 10.9. The number of nitrogens with zero attached hydrogens (tertiary/aromatic N) is 4. The fourth-order valence-corrected chi connectivity index (χ4v) is 3.66. The topological polar surface area (TPSA) is 79.5 Å². The summed E-state index contributed by atoms with van der Waals surface area (Å²) in [6.45, 7) is 6.77.